The molecule has 0 fully saturated rings. The van der Waals surface area contributed by atoms with Crippen LogP contribution in [0.25, 0.3) is 0 Å². The lowest BCUT2D eigenvalue weighted by Gasteiger charge is -2.08. The fourth-order valence-electron chi connectivity index (χ4n) is 1.48. The van der Waals surface area contributed by atoms with Crippen LogP contribution >= 0.6 is 22.6 Å². The van der Waals surface area contributed by atoms with Gasteiger partial charge in [0.2, 0.25) is 11.8 Å². The van der Waals surface area contributed by atoms with Crippen molar-refractivity contribution in [2.45, 2.75) is 19.8 Å². The molecule has 0 saturated heterocycles. The lowest BCUT2D eigenvalue weighted by atomic mass is 10.2. The number of anilines is 1. The van der Waals surface area contributed by atoms with Crippen molar-refractivity contribution in [3.05, 3.63) is 27.3 Å². The van der Waals surface area contributed by atoms with Gasteiger partial charge in [-0.15, -0.1) is 0 Å². The van der Waals surface area contributed by atoms with Gasteiger partial charge in [-0.3, -0.25) is 9.59 Å². The van der Waals surface area contributed by atoms with E-state index in [0.29, 0.717) is 22.1 Å². The van der Waals surface area contributed by atoms with Crippen LogP contribution in [0.4, 0.5) is 5.69 Å². The van der Waals surface area contributed by atoms with Crippen LogP contribution in [0.2, 0.25) is 0 Å². The predicted molar refractivity (Wildman–Crippen MR) is 82.7 cm³/mol. The first-order valence-corrected chi connectivity index (χ1v) is 7.10. The van der Waals surface area contributed by atoms with E-state index in [1.807, 2.05) is 29.5 Å². The molecule has 0 spiro atoms. The molecule has 2 amide bonds. The zero-order valence-electron chi connectivity index (χ0n) is 10.9. The van der Waals surface area contributed by atoms with E-state index in [2.05, 4.69) is 10.6 Å². The molecule has 20 heavy (non-hydrogen) atoms. The number of carbonyl (C=O) groups excluding carboxylic acids is 2. The van der Waals surface area contributed by atoms with Crippen molar-refractivity contribution < 1.29 is 19.5 Å². The number of halogens is 1. The third-order valence-corrected chi connectivity index (χ3v) is 2.97. The number of carboxylic acids is 1. The molecular weight excluding hydrogens is 375 g/mol. The van der Waals surface area contributed by atoms with Crippen LogP contribution in [0.3, 0.4) is 0 Å². The van der Waals surface area contributed by atoms with E-state index in [-0.39, 0.29) is 18.0 Å². The topological polar surface area (TPSA) is 95.5 Å². The first-order chi connectivity index (χ1) is 9.42. The molecule has 0 aliphatic rings. The molecule has 0 atom stereocenters. The molecular formula is C13H15IN2O4. The van der Waals surface area contributed by atoms with Crippen LogP contribution in [0.15, 0.2) is 18.2 Å². The summed E-state index contributed by atoms with van der Waals surface area (Å²) in [7, 11) is 0. The molecule has 0 heterocycles. The van der Waals surface area contributed by atoms with E-state index < -0.39 is 11.9 Å². The minimum absolute atomic E-state index is 0.0993. The lowest BCUT2D eigenvalue weighted by Crippen LogP contribution is -2.32. The van der Waals surface area contributed by atoms with Gasteiger partial charge >= 0.3 is 5.97 Å². The van der Waals surface area contributed by atoms with E-state index in [4.69, 9.17) is 5.11 Å². The summed E-state index contributed by atoms with van der Waals surface area (Å²) in [4.78, 5) is 33.8. The van der Waals surface area contributed by atoms with Gasteiger partial charge in [-0.1, -0.05) is 6.92 Å². The Kier molecular flexibility index (Phi) is 6.43. The Bertz CT molecular complexity index is 531. The molecule has 0 radical (unpaired) electrons. The molecule has 1 aromatic carbocycles. The minimum Gasteiger partial charge on any atom is -0.478 e. The monoisotopic (exact) mass is 390 g/mol. The Labute approximate surface area is 130 Å². The average Bonchev–Trinajstić information content (AvgIpc) is 2.36. The Morgan fingerprint density at radius 2 is 1.90 bits per heavy atom. The van der Waals surface area contributed by atoms with Gasteiger partial charge in [0.15, 0.2) is 0 Å². The molecule has 0 aliphatic heterocycles. The molecule has 0 aromatic heterocycles. The number of benzene rings is 1. The van der Waals surface area contributed by atoms with Crippen LogP contribution in [0.5, 0.6) is 0 Å². The third-order valence-electron chi connectivity index (χ3n) is 2.35. The van der Waals surface area contributed by atoms with Crippen molar-refractivity contribution >= 4 is 46.1 Å². The maximum atomic E-state index is 11.6. The highest BCUT2D eigenvalue weighted by Gasteiger charge is 2.09. The van der Waals surface area contributed by atoms with Crippen molar-refractivity contribution in [1.82, 2.24) is 5.32 Å². The molecule has 1 aromatic rings. The standard InChI is InChI=1S/C13H15IN2O4/c1-2-3-11(17)15-7-12(18)16-10-5-8(13(19)20)4-9(14)6-10/h4-6H,2-3,7H2,1H3,(H,15,17)(H,16,18)(H,19,20). The number of carboxylic acid groups (broad SMARTS) is 1. The van der Waals surface area contributed by atoms with Crippen LogP contribution in [0, 0.1) is 3.57 Å². The first kappa shape index (κ1) is 16.4. The molecule has 0 unspecified atom stereocenters. The molecule has 0 bridgehead atoms. The van der Waals surface area contributed by atoms with Crippen molar-refractivity contribution in [1.29, 1.82) is 0 Å². The van der Waals surface area contributed by atoms with Crippen LogP contribution in [-0.2, 0) is 9.59 Å². The molecule has 0 aliphatic carbocycles. The second-order valence-electron chi connectivity index (χ2n) is 4.11. The van der Waals surface area contributed by atoms with Crippen molar-refractivity contribution in [3.63, 3.8) is 0 Å². The van der Waals surface area contributed by atoms with Crippen molar-refractivity contribution in [2.24, 2.45) is 0 Å². The van der Waals surface area contributed by atoms with Crippen LogP contribution in [0.1, 0.15) is 30.1 Å². The Balaban J connectivity index is 2.62. The highest BCUT2D eigenvalue weighted by Crippen LogP contribution is 2.16. The van der Waals surface area contributed by atoms with E-state index in [9.17, 15) is 14.4 Å². The minimum atomic E-state index is -1.06. The lowest BCUT2D eigenvalue weighted by molar-refractivity contribution is -0.124. The second-order valence-corrected chi connectivity index (χ2v) is 5.35. The van der Waals surface area contributed by atoms with Gasteiger partial charge in [0, 0.05) is 15.7 Å². The highest BCUT2D eigenvalue weighted by atomic mass is 127. The first-order valence-electron chi connectivity index (χ1n) is 6.02. The van der Waals surface area contributed by atoms with E-state index in [1.165, 1.54) is 12.1 Å². The molecule has 6 nitrogen and oxygen atoms in total. The number of hydrogen-bond donors (Lipinski definition) is 3. The van der Waals surface area contributed by atoms with Gasteiger partial charge in [0.1, 0.15) is 0 Å². The quantitative estimate of drug-likeness (QED) is 0.646. The fourth-order valence-corrected chi connectivity index (χ4v) is 2.16. The second kappa shape index (κ2) is 7.83. The van der Waals surface area contributed by atoms with E-state index in [1.54, 1.807) is 6.07 Å². The van der Waals surface area contributed by atoms with Gasteiger partial charge in [-0.2, -0.15) is 0 Å². The Morgan fingerprint density at radius 1 is 1.20 bits per heavy atom. The van der Waals surface area contributed by atoms with E-state index >= 15 is 0 Å². The number of carbonyl (C=O) groups is 3. The maximum absolute atomic E-state index is 11.6. The summed E-state index contributed by atoms with van der Waals surface area (Å²) in [5.41, 5.74) is 0.492. The normalized spacial score (nSPS) is 9.90. The van der Waals surface area contributed by atoms with E-state index in [0.717, 1.165) is 0 Å². The summed E-state index contributed by atoms with van der Waals surface area (Å²) in [6.07, 6.45) is 1.09. The largest absolute Gasteiger partial charge is 0.478 e. The van der Waals surface area contributed by atoms with Gasteiger partial charge in [-0.05, 0) is 47.2 Å². The molecule has 108 valence electrons. The van der Waals surface area contributed by atoms with Gasteiger partial charge in [-0.25, -0.2) is 4.79 Å². The number of hydrogen-bond acceptors (Lipinski definition) is 3. The summed E-state index contributed by atoms with van der Waals surface area (Å²) in [6.45, 7) is 1.74. The average molecular weight is 390 g/mol. The summed E-state index contributed by atoms with van der Waals surface area (Å²) >= 11 is 1.97. The Hall–Kier alpha value is -1.64. The summed E-state index contributed by atoms with van der Waals surface area (Å²) in [6, 6.07) is 4.52. The SMILES string of the molecule is CCCC(=O)NCC(=O)Nc1cc(I)cc(C(=O)O)c1. The summed E-state index contributed by atoms with van der Waals surface area (Å²) in [5, 5.41) is 14.0. The fraction of sp³-hybridized carbons (Fsp3) is 0.308. The van der Waals surface area contributed by atoms with Crippen molar-refractivity contribution in [2.75, 3.05) is 11.9 Å². The van der Waals surface area contributed by atoms with Crippen LogP contribution in [-0.4, -0.2) is 29.4 Å². The highest BCUT2D eigenvalue weighted by molar-refractivity contribution is 14.1. The van der Waals surface area contributed by atoms with Crippen molar-refractivity contribution in [3.8, 4) is 0 Å². The van der Waals surface area contributed by atoms with Crippen LogP contribution < -0.4 is 10.6 Å². The smallest absolute Gasteiger partial charge is 0.335 e. The summed E-state index contributed by atoms with van der Waals surface area (Å²) in [5.74, 6) is -1.64. The molecule has 0 saturated carbocycles. The third kappa shape index (κ3) is 5.55. The zero-order chi connectivity index (χ0) is 15.1. The maximum Gasteiger partial charge on any atom is 0.335 e. The van der Waals surface area contributed by atoms with Gasteiger partial charge in [0.05, 0.1) is 12.1 Å². The predicted octanol–water partition coefficient (Wildman–Crippen LogP) is 1.84. The van der Waals surface area contributed by atoms with Gasteiger partial charge in [0.25, 0.3) is 0 Å². The van der Waals surface area contributed by atoms with Gasteiger partial charge < -0.3 is 15.7 Å². The molecule has 1 rings (SSSR count). The summed E-state index contributed by atoms with van der Waals surface area (Å²) < 4.78 is 0.702. The number of amides is 2. The molecule has 7 heteroatoms. The number of aromatic carboxylic acids is 1. The number of rotatable bonds is 6. The molecule has 3 N–H and O–H groups in total. The zero-order valence-corrected chi connectivity index (χ0v) is 13.1. The number of nitrogens with one attached hydrogen (secondary N) is 2. The Morgan fingerprint density at radius 3 is 2.50 bits per heavy atom.